The molecule has 2 heterocycles. The van der Waals surface area contributed by atoms with Crippen LogP contribution in [0.15, 0.2) is 24.3 Å². The van der Waals surface area contributed by atoms with Gasteiger partial charge in [-0.3, -0.25) is 0 Å². The molecule has 4 N–H and O–H groups in total. The summed E-state index contributed by atoms with van der Waals surface area (Å²) >= 11 is 0. The maximum atomic E-state index is 11.4. The van der Waals surface area contributed by atoms with Crippen molar-refractivity contribution < 1.29 is 29.2 Å². The highest BCUT2D eigenvalue weighted by Crippen LogP contribution is 2.39. The predicted octanol–water partition coefficient (Wildman–Crippen LogP) is 6.75. The average Bonchev–Trinajstić information content (AvgIpc) is 3.00. The second kappa shape index (κ2) is 14.1. The lowest BCUT2D eigenvalue weighted by Gasteiger charge is -2.34. The molecule has 8 nitrogen and oxygen atoms in total. The molecule has 0 bridgehead atoms. The molecule has 2 aromatic rings. The smallest absolute Gasteiger partial charge is 0.187 e. The number of hydrogen-bond acceptors (Lipinski definition) is 8. The second-order valence-electron chi connectivity index (χ2n) is 14.8. The normalized spacial score (nSPS) is 22.8. The highest BCUT2D eigenvalue weighted by Gasteiger charge is 2.30. The van der Waals surface area contributed by atoms with Gasteiger partial charge in [-0.15, -0.1) is 0 Å². The zero-order chi connectivity index (χ0) is 31.5. The minimum absolute atomic E-state index is 0.0864. The van der Waals surface area contributed by atoms with E-state index in [2.05, 4.69) is 64.3 Å². The third-order valence-electron chi connectivity index (χ3n) is 9.21. The van der Waals surface area contributed by atoms with Crippen LogP contribution in [-0.4, -0.2) is 48.7 Å². The summed E-state index contributed by atoms with van der Waals surface area (Å²) in [6.07, 6.45) is 5.04. The Kier molecular flexibility index (Phi) is 10.6. The van der Waals surface area contributed by atoms with Gasteiger partial charge in [-0.25, -0.2) is 0 Å². The van der Waals surface area contributed by atoms with E-state index in [9.17, 15) is 10.2 Å². The molecule has 1 saturated carbocycles. The molecule has 8 heteroatoms. The Morgan fingerprint density at radius 2 is 0.955 bits per heavy atom. The number of aromatic hydroxyl groups is 2. The zero-order valence-corrected chi connectivity index (χ0v) is 27.6. The molecule has 2 unspecified atom stereocenters. The number of hydrogen-bond donors (Lipinski definition) is 4. The number of nitrogens with one attached hydrogen (secondary N) is 2. The fraction of sp³-hybridized carbons (Fsp3) is 0.667. The van der Waals surface area contributed by atoms with Crippen LogP contribution in [0.5, 0.6) is 11.5 Å². The molecule has 3 aliphatic rings. The summed E-state index contributed by atoms with van der Waals surface area (Å²) in [4.78, 5) is 0. The van der Waals surface area contributed by atoms with Crippen molar-refractivity contribution in [1.82, 2.24) is 10.6 Å². The van der Waals surface area contributed by atoms with E-state index in [1.165, 1.54) is 0 Å². The predicted molar refractivity (Wildman–Crippen MR) is 172 cm³/mol. The van der Waals surface area contributed by atoms with Crippen LogP contribution in [0.3, 0.4) is 0 Å². The highest BCUT2D eigenvalue weighted by molar-refractivity contribution is 5.47. The summed E-state index contributed by atoms with van der Waals surface area (Å²) in [6, 6.07) is 8.76. The van der Waals surface area contributed by atoms with Crippen LogP contribution in [0, 0.1) is 0 Å². The van der Waals surface area contributed by atoms with Gasteiger partial charge >= 0.3 is 0 Å². The molecule has 0 spiro atoms. The number of phenolic OH excluding ortho intramolecular Hbond substituents is 2. The lowest BCUT2D eigenvalue weighted by atomic mass is 9.84. The minimum atomic E-state index is -0.542. The van der Waals surface area contributed by atoms with Gasteiger partial charge in [0.05, 0.1) is 37.6 Å². The first-order chi connectivity index (χ1) is 20.9. The van der Waals surface area contributed by atoms with Crippen molar-refractivity contribution >= 4 is 0 Å². The molecule has 2 aliphatic heterocycles. The van der Waals surface area contributed by atoms with Gasteiger partial charge in [0.15, 0.2) is 12.6 Å². The molecule has 2 aromatic carbocycles. The van der Waals surface area contributed by atoms with Gasteiger partial charge in [-0.1, -0.05) is 66.5 Å². The summed E-state index contributed by atoms with van der Waals surface area (Å²) in [6.45, 7) is 16.7. The fourth-order valence-electron chi connectivity index (χ4n) is 6.37. The van der Waals surface area contributed by atoms with Crippen LogP contribution in [-0.2, 0) is 42.9 Å². The molecule has 0 radical (unpaired) electrons. The van der Waals surface area contributed by atoms with Crippen LogP contribution in [0.2, 0.25) is 0 Å². The van der Waals surface area contributed by atoms with Gasteiger partial charge in [0.25, 0.3) is 0 Å². The third kappa shape index (κ3) is 7.95. The summed E-state index contributed by atoms with van der Waals surface area (Å²) in [7, 11) is 0. The summed E-state index contributed by atoms with van der Waals surface area (Å²) in [5, 5.41) is 30.3. The molecule has 2 atom stereocenters. The van der Waals surface area contributed by atoms with E-state index in [0.717, 1.165) is 60.8 Å². The van der Waals surface area contributed by atoms with E-state index in [-0.39, 0.29) is 34.4 Å². The van der Waals surface area contributed by atoms with Crippen molar-refractivity contribution in [3.63, 3.8) is 0 Å². The SMILES string of the molecule is CC(C)(C)c1cc(CNC2CCCCC2NCc2cc(C(C)(C)C)cc(C3OCCCO3)c2O)c(O)c(C2OCCCO2)c1. The Morgan fingerprint density at radius 3 is 1.30 bits per heavy atom. The molecule has 0 amide bonds. The third-order valence-corrected chi connectivity index (χ3v) is 9.21. The van der Waals surface area contributed by atoms with E-state index in [0.29, 0.717) is 50.6 Å². The number of phenols is 2. The van der Waals surface area contributed by atoms with Crippen molar-refractivity contribution in [3.05, 3.63) is 57.6 Å². The van der Waals surface area contributed by atoms with Crippen LogP contribution in [0.1, 0.15) is 126 Å². The summed E-state index contributed by atoms with van der Waals surface area (Å²) in [5.74, 6) is 0.502. The molecular weight excluding hydrogens is 556 g/mol. The van der Waals surface area contributed by atoms with Gasteiger partial charge in [0.1, 0.15) is 11.5 Å². The molecule has 44 heavy (non-hydrogen) atoms. The average molecular weight is 611 g/mol. The van der Waals surface area contributed by atoms with Crippen molar-refractivity contribution in [2.24, 2.45) is 0 Å². The molecule has 5 rings (SSSR count). The molecular formula is C36H54N2O6. The van der Waals surface area contributed by atoms with E-state index in [1.807, 2.05) is 12.1 Å². The largest absolute Gasteiger partial charge is 0.507 e. The molecule has 3 fully saturated rings. The van der Waals surface area contributed by atoms with Crippen LogP contribution in [0.4, 0.5) is 0 Å². The number of ether oxygens (including phenoxy) is 4. The van der Waals surface area contributed by atoms with Crippen molar-refractivity contribution in [3.8, 4) is 11.5 Å². The fourth-order valence-corrected chi connectivity index (χ4v) is 6.37. The number of rotatable bonds is 8. The van der Waals surface area contributed by atoms with Gasteiger partial charge in [0, 0.05) is 36.3 Å². The van der Waals surface area contributed by atoms with Crippen molar-refractivity contribution in [2.45, 2.75) is 129 Å². The topological polar surface area (TPSA) is 101 Å². The lowest BCUT2D eigenvalue weighted by Crippen LogP contribution is -2.49. The maximum Gasteiger partial charge on any atom is 0.187 e. The lowest BCUT2D eigenvalue weighted by molar-refractivity contribution is -0.183. The summed E-state index contributed by atoms with van der Waals surface area (Å²) < 4.78 is 23.6. The standard InChI is InChI=1S/C36H54N2O6/c1-35(2,3)25-17-23(31(39)27(19-25)33-41-13-9-14-42-33)21-37-29-11-7-8-12-30(29)38-22-24-18-26(36(4,5)6)20-28(32(24)40)34-43-15-10-16-44-34/h17-20,29-30,33-34,37-40H,7-16,21-22H2,1-6H3. The quantitative estimate of drug-likeness (QED) is 0.260. The van der Waals surface area contributed by atoms with E-state index < -0.39 is 12.6 Å². The molecule has 244 valence electrons. The minimum Gasteiger partial charge on any atom is -0.507 e. The monoisotopic (exact) mass is 610 g/mol. The second-order valence-corrected chi connectivity index (χ2v) is 14.8. The highest BCUT2D eigenvalue weighted by atomic mass is 16.7. The van der Waals surface area contributed by atoms with Crippen LogP contribution in [0.25, 0.3) is 0 Å². The number of benzene rings is 2. The molecule has 1 aliphatic carbocycles. The molecule has 0 aromatic heterocycles. The summed E-state index contributed by atoms with van der Waals surface area (Å²) in [5.41, 5.74) is 5.27. The Balaban J connectivity index is 1.33. The Morgan fingerprint density at radius 1 is 0.591 bits per heavy atom. The Labute approximate surface area is 263 Å². The maximum absolute atomic E-state index is 11.4. The van der Waals surface area contributed by atoms with Gasteiger partial charge in [-0.2, -0.15) is 0 Å². The zero-order valence-electron chi connectivity index (χ0n) is 27.6. The van der Waals surface area contributed by atoms with Crippen molar-refractivity contribution in [1.29, 1.82) is 0 Å². The van der Waals surface area contributed by atoms with E-state index in [4.69, 9.17) is 18.9 Å². The van der Waals surface area contributed by atoms with Crippen molar-refractivity contribution in [2.75, 3.05) is 26.4 Å². The van der Waals surface area contributed by atoms with Crippen LogP contribution < -0.4 is 10.6 Å². The molecule has 2 saturated heterocycles. The van der Waals surface area contributed by atoms with Crippen LogP contribution >= 0.6 is 0 Å². The van der Waals surface area contributed by atoms with Gasteiger partial charge in [0.2, 0.25) is 0 Å². The first-order valence-corrected chi connectivity index (χ1v) is 16.6. The first kappa shape index (κ1) is 33.2. The van der Waals surface area contributed by atoms with E-state index in [1.54, 1.807) is 0 Å². The van der Waals surface area contributed by atoms with E-state index >= 15 is 0 Å². The Bertz CT molecular complexity index is 1160. The Hall–Kier alpha value is -2.20. The van der Waals surface area contributed by atoms with Gasteiger partial charge in [-0.05, 0) is 59.8 Å². The van der Waals surface area contributed by atoms with Gasteiger partial charge < -0.3 is 39.8 Å². The first-order valence-electron chi connectivity index (χ1n) is 16.6.